The van der Waals surface area contributed by atoms with E-state index in [0.29, 0.717) is 37.2 Å². The molecule has 1 rings (SSSR count). The highest BCUT2D eigenvalue weighted by atomic mass is 32.2. The number of hydrogen-bond donors (Lipinski definition) is 2. The van der Waals surface area contributed by atoms with Gasteiger partial charge >= 0.3 is 0 Å². The number of hydrogen-bond acceptors (Lipinski definition) is 5. The number of sulfonamides is 1. The van der Waals surface area contributed by atoms with Crippen molar-refractivity contribution >= 4 is 21.6 Å². The lowest BCUT2D eigenvalue weighted by molar-refractivity contribution is -0.116. The lowest BCUT2D eigenvalue weighted by Gasteiger charge is -2.19. The van der Waals surface area contributed by atoms with Gasteiger partial charge in [0, 0.05) is 31.8 Å². The minimum Gasteiger partial charge on any atom is -0.467 e. The molecule has 0 radical (unpaired) electrons. The van der Waals surface area contributed by atoms with Crippen molar-refractivity contribution in [2.45, 2.75) is 44.8 Å². The normalized spacial score (nSPS) is 12.0. The summed E-state index contributed by atoms with van der Waals surface area (Å²) in [5.41, 5.74) is 0.645. The van der Waals surface area contributed by atoms with Gasteiger partial charge in [0.15, 0.2) is 6.79 Å². The molecule has 0 bridgehead atoms. The lowest BCUT2D eigenvalue weighted by atomic mass is 10.2. The topological polar surface area (TPSA) is 93.7 Å². The number of rotatable bonds is 10. The van der Waals surface area contributed by atoms with Crippen molar-refractivity contribution in [3.63, 3.8) is 0 Å². The molecule has 7 nitrogen and oxygen atoms in total. The van der Waals surface area contributed by atoms with Crippen molar-refractivity contribution in [2.75, 3.05) is 25.8 Å². The molecule has 0 atom stereocenters. The number of anilines is 1. The van der Waals surface area contributed by atoms with Crippen molar-refractivity contribution in [2.24, 2.45) is 0 Å². The van der Waals surface area contributed by atoms with Crippen molar-refractivity contribution in [3.8, 4) is 5.75 Å². The Kier molecular flexibility index (Phi) is 8.34. The third-order valence-corrected chi connectivity index (χ3v) is 5.59. The fraction of sp³-hybridized carbons (Fsp3) is 0.588. The molecule has 0 unspecified atom stereocenters. The first kappa shape index (κ1) is 21.4. The van der Waals surface area contributed by atoms with Gasteiger partial charge in [0.05, 0.1) is 4.75 Å². The third kappa shape index (κ3) is 7.85. The highest BCUT2D eigenvalue weighted by molar-refractivity contribution is 7.90. The van der Waals surface area contributed by atoms with Crippen molar-refractivity contribution in [1.29, 1.82) is 0 Å². The first-order chi connectivity index (χ1) is 11.7. The zero-order chi connectivity index (χ0) is 18.9. The minimum absolute atomic E-state index is 0.123. The van der Waals surface area contributed by atoms with Gasteiger partial charge in [-0.1, -0.05) is 6.07 Å². The van der Waals surface area contributed by atoms with Gasteiger partial charge < -0.3 is 14.8 Å². The smallest absolute Gasteiger partial charge is 0.224 e. The summed E-state index contributed by atoms with van der Waals surface area (Å²) in [5, 5.41) is 2.79. The molecule has 1 amide bonds. The van der Waals surface area contributed by atoms with Gasteiger partial charge in [0.2, 0.25) is 15.9 Å². The zero-order valence-corrected chi connectivity index (χ0v) is 16.1. The Balaban J connectivity index is 2.32. The average molecular weight is 372 g/mol. The molecule has 0 aliphatic rings. The van der Waals surface area contributed by atoms with Crippen LogP contribution in [0.4, 0.5) is 5.69 Å². The second kappa shape index (κ2) is 9.74. The number of nitrogens with one attached hydrogen (secondary N) is 2. The molecule has 0 aliphatic heterocycles. The Morgan fingerprint density at radius 2 is 1.92 bits per heavy atom. The number of carbonyl (C=O) groups excluding carboxylic acids is 1. The van der Waals surface area contributed by atoms with Crippen LogP contribution in [0.1, 0.15) is 40.0 Å². The van der Waals surface area contributed by atoms with Gasteiger partial charge in [-0.25, -0.2) is 13.1 Å². The van der Waals surface area contributed by atoms with E-state index in [4.69, 9.17) is 9.47 Å². The first-order valence-corrected chi connectivity index (χ1v) is 9.65. The van der Waals surface area contributed by atoms with E-state index in [1.165, 1.54) is 7.11 Å². The molecule has 25 heavy (non-hydrogen) atoms. The molecule has 0 saturated carbocycles. The van der Waals surface area contributed by atoms with E-state index in [9.17, 15) is 13.2 Å². The predicted octanol–water partition coefficient (Wildman–Crippen LogP) is 2.50. The van der Waals surface area contributed by atoms with Crippen LogP contribution in [0.2, 0.25) is 0 Å². The number of carbonyl (C=O) groups is 1. The van der Waals surface area contributed by atoms with Crippen LogP contribution >= 0.6 is 0 Å². The molecular formula is C17H28N2O5S. The maximum Gasteiger partial charge on any atom is 0.224 e. The Bertz CT molecular complexity index is 653. The van der Waals surface area contributed by atoms with Gasteiger partial charge in [-0.3, -0.25) is 4.79 Å². The SMILES string of the molecule is COCOc1cccc(NC(=O)CCCCNS(=O)(=O)C(C)(C)C)c1. The fourth-order valence-electron chi connectivity index (χ4n) is 1.85. The first-order valence-electron chi connectivity index (χ1n) is 8.16. The van der Waals surface area contributed by atoms with Crippen LogP contribution in [0, 0.1) is 0 Å². The molecule has 0 saturated heterocycles. The average Bonchev–Trinajstić information content (AvgIpc) is 2.51. The molecule has 2 N–H and O–H groups in total. The number of amides is 1. The van der Waals surface area contributed by atoms with Crippen LogP contribution in [-0.4, -0.2) is 39.5 Å². The highest BCUT2D eigenvalue weighted by Gasteiger charge is 2.27. The predicted molar refractivity (Wildman–Crippen MR) is 98.1 cm³/mol. The fourth-order valence-corrected chi connectivity index (χ4v) is 2.69. The molecule has 142 valence electrons. The standard InChI is InChI=1S/C17H28N2O5S/c1-17(2,3)25(21,22)18-11-6-5-10-16(20)19-14-8-7-9-15(12-14)24-13-23-4/h7-9,12,18H,5-6,10-11,13H2,1-4H3,(H,19,20). The van der Waals surface area contributed by atoms with E-state index < -0.39 is 14.8 Å². The Morgan fingerprint density at radius 1 is 1.20 bits per heavy atom. The summed E-state index contributed by atoms with van der Waals surface area (Å²) in [7, 11) is -1.80. The van der Waals surface area contributed by atoms with Gasteiger partial charge in [-0.05, 0) is 45.7 Å². The van der Waals surface area contributed by atoms with E-state index in [1.807, 2.05) is 0 Å². The maximum absolute atomic E-state index is 11.9. The van der Waals surface area contributed by atoms with Crippen molar-refractivity contribution in [3.05, 3.63) is 24.3 Å². The van der Waals surface area contributed by atoms with Gasteiger partial charge in [-0.2, -0.15) is 0 Å². The van der Waals surface area contributed by atoms with E-state index >= 15 is 0 Å². The second-order valence-electron chi connectivity index (χ2n) is 6.59. The number of benzene rings is 1. The minimum atomic E-state index is -3.33. The van der Waals surface area contributed by atoms with Gasteiger partial charge in [0.1, 0.15) is 5.75 Å². The Labute approximate surface area is 150 Å². The van der Waals surface area contributed by atoms with Crippen LogP contribution in [0.5, 0.6) is 5.75 Å². The maximum atomic E-state index is 11.9. The van der Waals surface area contributed by atoms with E-state index in [1.54, 1.807) is 45.0 Å². The molecule has 0 aromatic heterocycles. The molecular weight excluding hydrogens is 344 g/mol. The molecule has 0 aliphatic carbocycles. The third-order valence-electron chi connectivity index (χ3n) is 3.39. The molecule has 8 heteroatoms. The largest absolute Gasteiger partial charge is 0.467 e. The molecule has 1 aromatic rings. The van der Waals surface area contributed by atoms with E-state index in [2.05, 4.69) is 10.0 Å². The summed E-state index contributed by atoms with van der Waals surface area (Å²) in [6.45, 7) is 5.41. The second-order valence-corrected chi connectivity index (χ2v) is 9.11. The monoisotopic (exact) mass is 372 g/mol. The Hall–Kier alpha value is -1.64. The number of methoxy groups -OCH3 is 1. The van der Waals surface area contributed by atoms with Crippen LogP contribution in [-0.2, 0) is 19.6 Å². The number of unbranched alkanes of at least 4 members (excludes halogenated alkanes) is 1. The summed E-state index contributed by atoms with van der Waals surface area (Å²) in [4.78, 5) is 11.9. The van der Waals surface area contributed by atoms with Gasteiger partial charge in [-0.15, -0.1) is 0 Å². The molecule has 0 spiro atoms. The summed E-state index contributed by atoms with van der Waals surface area (Å²) >= 11 is 0. The highest BCUT2D eigenvalue weighted by Crippen LogP contribution is 2.18. The molecule has 0 heterocycles. The van der Waals surface area contributed by atoms with E-state index in [-0.39, 0.29) is 12.7 Å². The summed E-state index contributed by atoms with van der Waals surface area (Å²) in [5.74, 6) is 0.485. The van der Waals surface area contributed by atoms with Crippen LogP contribution < -0.4 is 14.8 Å². The van der Waals surface area contributed by atoms with Gasteiger partial charge in [0.25, 0.3) is 0 Å². The molecule has 1 aromatic carbocycles. The van der Waals surface area contributed by atoms with Crippen LogP contribution in [0.15, 0.2) is 24.3 Å². The summed E-state index contributed by atoms with van der Waals surface area (Å²) in [6.07, 6.45) is 1.51. The number of ether oxygens (including phenoxy) is 2. The summed E-state index contributed by atoms with van der Waals surface area (Å²) < 4.78 is 35.6. The molecule has 0 fully saturated rings. The van der Waals surface area contributed by atoms with Crippen molar-refractivity contribution < 1.29 is 22.7 Å². The lowest BCUT2D eigenvalue weighted by Crippen LogP contribution is -2.39. The summed E-state index contributed by atoms with van der Waals surface area (Å²) in [6, 6.07) is 7.04. The Morgan fingerprint density at radius 3 is 2.56 bits per heavy atom. The van der Waals surface area contributed by atoms with E-state index in [0.717, 1.165) is 0 Å². The van der Waals surface area contributed by atoms with Crippen molar-refractivity contribution in [1.82, 2.24) is 4.72 Å². The van der Waals surface area contributed by atoms with Crippen LogP contribution in [0.25, 0.3) is 0 Å². The quantitative estimate of drug-likeness (QED) is 0.486. The zero-order valence-electron chi connectivity index (χ0n) is 15.3. The van der Waals surface area contributed by atoms with Crippen LogP contribution in [0.3, 0.4) is 0 Å².